The normalized spacial score (nSPS) is 45.6. The summed E-state index contributed by atoms with van der Waals surface area (Å²) in [6, 6.07) is 0. The number of ketones is 2. The Morgan fingerprint density at radius 1 is 1.24 bits per heavy atom. The van der Waals surface area contributed by atoms with Gasteiger partial charge in [0, 0.05) is 40.3 Å². The maximum Gasteiger partial charge on any atom is 0.155 e. The van der Waals surface area contributed by atoms with Gasteiger partial charge in [0.15, 0.2) is 5.78 Å². The standard InChI is InChI=1S/C21H24BrClO2/c1-20-8-6-16-14(15(20)3-4-19(20)25)12-18(22)17-11-13(24)5-9-21(16,17)7-2-10-23/h11,14-16,18H,3-9,12H2,1H3/t14-,15-,16-,18-,20-,21+/m0/s1. The number of hydrogen-bond acceptors (Lipinski definition) is 2. The highest BCUT2D eigenvalue weighted by Crippen LogP contribution is 2.66. The van der Waals surface area contributed by atoms with Crippen LogP contribution in [0.25, 0.3) is 0 Å². The summed E-state index contributed by atoms with van der Waals surface area (Å²) in [7, 11) is 0. The van der Waals surface area contributed by atoms with Gasteiger partial charge in [-0.2, -0.15) is 0 Å². The second kappa shape index (κ2) is 6.24. The summed E-state index contributed by atoms with van der Waals surface area (Å²) in [5, 5.41) is 2.57. The van der Waals surface area contributed by atoms with Gasteiger partial charge >= 0.3 is 0 Å². The Morgan fingerprint density at radius 3 is 2.80 bits per heavy atom. The first-order valence-corrected chi connectivity index (χ1v) is 10.7. The lowest BCUT2D eigenvalue weighted by Crippen LogP contribution is -2.54. The van der Waals surface area contributed by atoms with Crippen LogP contribution in [0.15, 0.2) is 11.6 Å². The summed E-state index contributed by atoms with van der Waals surface area (Å²) in [6.07, 6.45) is 8.98. The highest BCUT2D eigenvalue weighted by atomic mass is 79.9. The first kappa shape index (κ1) is 17.8. The van der Waals surface area contributed by atoms with Crippen molar-refractivity contribution in [3.8, 4) is 11.3 Å². The lowest BCUT2D eigenvalue weighted by molar-refractivity contribution is -0.132. The Labute approximate surface area is 163 Å². The number of rotatable bonds is 1. The van der Waals surface area contributed by atoms with Gasteiger partial charge in [-0.1, -0.05) is 28.8 Å². The van der Waals surface area contributed by atoms with Crippen LogP contribution in [0.2, 0.25) is 0 Å². The number of carbonyl (C=O) groups is 2. The predicted octanol–water partition coefficient (Wildman–Crippen LogP) is 5.03. The molecule has 4 heteroatoms. The molecule has 3 fully saturated rings. The van der Waals surface area contributed by atoms with Gasteiger partial charge in [0.1, 0.15) is 5.78 Å². The second-order valence-corrected chi connectivity index (χ2v) is 9.96. The molecule has 134 valence electrons. The third-order valence-electron chi connectivity index (χ3n) is 7.85. The van der Waals surface area contributed by atoms with Gasteiger partial charge in [0.2, 0.25) is 0 Å². The van der Waals surface area contributed by atoms with Gasteiger partial charge in [-0.15, -0.1) is 0 Å². The zero-order chi connectivity index (χ0) is 17.8. The van der Waals surface area contributed by atoms with Crippen LogP contribution in [-0.2, 0) is 9.59 Å². The zero-order valence-corrected chi connectivity index (χ0v) is 17.0. The van der Waals surface area contributed by atoms with E-state index < -0.39 is 0 Å². The monoisotopic (exact) mass is 422 g/mol. The average Bonchev–Trinajstić information content (AvgIpc) is 2.90. The van der Waals surface area contributed by atoms with Crippen LogP contribution >= 0.6 is 27.5 Å². The molecule has 0 spiro atoms. The third-order valence-corrected chi connectivity index (χ3v) is 8.85. The van der Waals surface area contributed by atoms with Crippen LogP contribution in [0.4, 0.5) is 0 Å². The molecule has 0 amide bonds. The minimum Gasteiger partial charge on any atom is -0.299 e. The number of Topliss-reactive ketones (excluding diaryl/α,β-unsaturated/α-hetero) is 1. The molecule has 0 N–H and O–H groups in total. The molecule has 4 rings (SSSR count). The predicted molar refractivity (Wildman–Crippen MR) is 102 cm³/mol. The quantitative estimate of drug-likeness (QED) is 0.438. The van der Waals surface area contributed by atoms with Gasteiger partial charge < -0.3 is 0 Å². The molecule has 0 heterocycles. The van der Waals surface area contributed by atoms with Gasteiger partial charge in [-0.3, -0.25) is 9.59 Å². The van der Waals surface area contributed by atoms with Crippen molar-refractivity contribution in [2.75, 3.05) is 0 Å². The summed E-state index contributed by atoms with van der Waals surface area (Å²) in [5.41, 5.74) is 1.08. The lowest BCUT2D eigenvalue weighted by Gasteiger charge is -2.58. The molecule has 0 aromatic carbocycles. The van der Waals surface area contributed by atoms with Crippen LogP contribution in [0.3, 0.4) is 0 Å². The molecular weight excluding hydrogens is 400 g/mol. The Balaban J connectivity index is 1.78. The van der Waals surface area contributed by atoms with Crippen LogP contribution in [-0.4, -0.2) is 16.4 Å². The highest BCUT2D eigenvalue weighted by molar-refractivity contribution is 9.09. The van der Waals surface area contributed by atoms with E-state index in [9.17, 15) is 9.59 Å². The van der Waals surface area contributed by atoms with Crippen molar-refractivity contribution in [2.24, 2.45) is 28.6 Å². The minimum atomic E-state index is -0.126. The molecule has 0 aromatic rings. The number of hydrogen-bond donors (Lipinski definition) is 0. The molecule has 6 atom stereocenters. The lowest BCUT2D eigenvalue weighted by atomic mass is 9.46. The van der Waals surface area contributed by atoms with Crippen molar-refractivity contribution in [1.82, 2.24) is 0 Å². The van der Waals surface area contributed by atoms with Crippen molar-refractivity contribution < 1.29 is 9.59 Å². The fourth-order valence-electron chi connectivity index (χ4n) is 6.63. The summed E-state index contributed by atoms with van der Waals surface area (Å²) < 4.78 is 0. The largest absolute Gasteiger partial charge is 0.299 e. The van der Waals surface area contributed by atoms with E-state index in [0.717, 1.165) is 44.9 Å². The van der Waals surface area contributed by atoms with Crippen LogP contribution < -0.4 is 0 Å². The molecule has 0 radical (unpaired) electrons. The molecule has 0 saturated heterocycles. The van der Waals surface area contributed by atoms with E-state index in [2.05, 4.69) is 34.2 Å². The van der Waals surface area contributed by atoms with E-state index in [1.165, 1.54) is 5.57 Å². The molecule has 0 aliphatic heterocycles. The topological polar surface area (TPSA) is 34.1 Å². The Kier molecular flexibility index (Phi) is 4.44. The van der Waals surface area contributed by atoms with Gasteiger partial charge in [-0.05, 0) is 73.1 Å². The molecule has 4 aliphatic rings. The van der Waals surface area contributed by atoms with Crippen LogP contribution in [0.5, 0.6) is 0 Å². The summed E-state index contributed by atoms with van der Waals surface area (Å²) in [5.74, 6) is 5.38. The highest BCUT2D eigenvalue weighted by Gasteiger charge is 2.61. The maximum atomic E-state index is 12.6. The molecule has 0 unspecified atom stereocenters. The van der Waals surface area contributed by atoms with E-state index in [1.54, 1.807) is 0 Å². The summed E-state index contributed by atoms with van der Waals surface area (Å²) >= 11 is 9.61. The molecule has 2 nitrogen and oxygen atoms in total. The van der Waals surface area contributed by atoms with Crippen molar-refractivity contribution in [3.63, 3.8) is 0 Å². The number of alkyl halides is 1. The summed E-state index contributed by atoms with van der Waals surface area (Å²) in [4.78, 5) is 24.9. The fourth-order valence-corrected chi connectivity index (χ4v) is 7.72. The minimum absolute atomic E-state index is 0.0418. The molecule has 25 heavy (non-hydrogen) atoms. The van der Waals surface area contributed by atoms with Crippen molar-refractivity contribution in [2.45, 2.75) is 63.1 Å². The Bertz CT molecular complexity index is 717. The first-order chi connectivity index (χ1) is 11.9. The van der Waals surface area contributed by atoms with E-state index in [1.807, 2.05) is 6.08 Å². The van der Waals surface area contributed by atoms with Crippen LogP contribution in [0.1, 0.15) is 58.3 Å². The molecule has 0 bridgehead atoms. The number of carbonyl (C=O) groups excluding carboxylic acids is 2. The smallest absolute Gasteiger partial charge is 0.155 e. The Hall–Kier alpha value is -0.590. The van der Waals surface area contributed by atoms with E-state index in [-0.39, 0.29) is 21.4 Å². The zero-order valence-electron chi connectivity index (χ0n) is 14.6. The third kappa shape index (κ3) is 2.51. The Morgan fingerprint density at radius 2 is 2.04 bits per heavy atom. The second-order valence-electron chi connectivity index (χ2n) is 8.67. The maximum absolute atomic E-state index is 12.6. The first-order valence-electron chi connectivity index (χ1n) is 9.43. The van der Waals surface area contributed by atoms with Crippen molar-refractivity contribution in [1.29, 1.82) is 0 Å². The molecule has 0 aromatic heterocycles. The van der Waals surface area contributed by atoms with Crippen molar-refractivity contribution in [3.05, 3.63) is 11.6 Å². The molecular formula is C21H24BrClO2. The number of halogens is 2. The van der Waals surface area contributed by atoms with Crippen LogP contribution in [0, 0.1) is 39.9 Å². The number of fused-ring (bicyclic) bond motifs is 5. The van der Waals surface area contributed by atoms with E-state index in [4.69, 9.17) is 11.6 Å². The summed E-state index contributed by atoms with van der Waals surface area (Å²) in [6.45, 7) is 2.20. The fraction of sp³-hybridized carbons (Fsp3) is 0.714. The van der Waals surface area contributed by atoms with Crippen molar-refractivity contribution >= 4 is 39.1 Å². The van der Waals surface area contributed by atoms with Gasteiger partial charge in [0.05, 0.1) is 0 Å². The van der Waals surface area contributed by atoms with Gasteiger partial charge in [0.25, 0.3) is 0 Å². The molecule has 4 aliphatic carbocycles. The van der Waals surface area contributed by atoms with E-state index >= 15 is 0 Å². The number of allylic oxidation sites excluding steroid dienone is 1. The molecule has 3 saturated carbocycles. The average molecular weight is 424 g/mol. The van der Waals surface area contributed by atoms with Gasteiger partial charge in [-0.25, -0.2) is 0 Å². The van der Waals surface area contributed by atoms with E-state index in [0.29, 0.717) is 30.0 Å². The SMILES string of the molecule is C[C@]12CC[C@H]3[C@@H](C[C@H](Br)C4=CC(=O)CC[C@@]43CC#CCl)[C@@H]1CCC2=O.